The van der Waals surface area contributed by atoms with Crippen molar-refractivity contribution in [2.75, 3.05) is 29.5 Å². The van der Waals surface area contributed by atoms with E-state index in [0.29, 0.717) is 5.02 Å². The highest BCUT2D eigenvalue weighted by atomic mass is 35.5. The Balaban J connectivity index is 2.32. The second kappa shape index (κ2) is 9.86. The molecule has 0 bridgehead atoms. The monoisotopic (exact) mass is 489 g/mol. The molecule has 0 aromatic heterocycles. The molecule has 0 spiro atoms. The highest BCUT2D eigenvalue weighted by molar-refractivity contribution is 7.92. The van der Waals surface area contributed by atoms with Gasteiger partial charge in [0.05, 0.1) is 29.6 Å². The zero-order valence-corrected chi connectivity index (χ0v) is 19.8. The van der Waals surface area contributed by atoms with Gasteiger partial charge in [0.25, 0.3) is 0 Å². The first-order valence-corrected chi connectivity index (χ1v) is 12.8. The number of carbonyl (C=O) groups is 1. The van der Waals surface area contributed by atoms with Crippen molar-refractivity contribution in [3.05, 3.63) is 47.5 Å². The van der Waals surface area contributed by atoms with E-state index in [1.165, 1.54) is 49.6 Å². The maximum atomic E-state index is 12.7. The van der Waals surface area contributed by atoms with E-state index in [-0.39, 0.29) is 28.1 Å². The maximum absolute atomic E-state index is 12.7. The number of methoxy groups -OCH3 is 1. The highest BCUT2D eigenvalue weighted by Crippen LogP contribution is 2.28. The standard InChI is InChI=1S/C19H24ClN3O6S2/c1-13(2)22-31(27,28)16-9-10-18(29-3)17(11-16)21-19(24)12-23(30(4,25)26)15-7-5-14(20)6-8-15/h5-11,13,22H,12H2,1-4H3,(H,21,24). The number of benzene rings is 2. The van der Waals surface area contributed by atoms with E-state index in [9.17, 15) is 21.6 Å². The van der Waals surface area contributed by atoms with Gasteiger partial charge in [-0.1, -0.05) is 11.6 Å². The topological polar surface area (TPSA) is 122 Å². The van der Waals surface area contributed by atoms with E-state index in [1.807, 2.05) is 0 Å². The molecule has 2 rings (SSSR count). The summed E-state index contributed by atoms with van der Waals surface area (Å²) in [5.41, 5.74) is 0.343. The quantitative estimate of drug-likeness (QED) is 0.558. The molecule has 12 heteroatoms. The Morgan fingerprint density at radius 2 is 1.71 bits per heavy atom. The summed E-state index contributed by atoms with van der Waals surface area (Å²) in [6, 6.07) is 9.62. The Morgan fingerprint density at radius 1 is 1.10 bits per heavy atom. The third kappa shape index (κ3) is 6.82. The van der Waals surface area contributed by atoms with Gasteiger partial charge in [-0.15, -0.1) is 0 Å². The fourth-order valence-electron chi connectivity index (χ4n) is 2.66. The number of hydrogen-bond donors (Lipinski definition) is 2. The van der Waals surface area contributed by atoms with Crippen molar-refractivity contribution in [2.45, 2.75) is 24.8 Å². The lowest BCUT2D eigenvalue weighted by molar-refractivity contribution is -0.114. The summed E-state index contributed by atoms with van der Waals surface area (Å²) in [4.78, 5) is 12.6. The molecule has 0 unspecified atom stereocenters. The molecule has 0 fully saturated rings. The fourth-order valence-corrected chi connectivity index (χ4v) is 4.92. The normalized spacial score (nSPS) is 11.9. The lowest BCUT2D eigenvalue weighted by atomic mass is 10.3. The van der Waals surface area contributed by atoms with Gasteiger partial charge in [-0.2, -0.15) is 0 Å². The van der Waals surface area contributed by atoms with E-state index in [4.69, 9.17) is 16.3 Å². The number of hydrogen-bond acceptors (Lipinski definition) is 6. The summed E-state index contributed by atoms with van der Waals surface area (Å²) in [5.74, 6) is -0.473. The molecule has 9 nitrogen and oxygen atoms in total. The summed E-state index contributed by atoms with van der Waals surface area (Å²) in [5, 5.41) is 2.94. The first-order chi connectivity index (χ1) is 14.3. The number of carbonyl (C=O) groups excluding carboxylic acids is 1. The van der Waals surface area contributed by atoms with Crippen LogP contribution in [-0.4, -0.2) is 48.7 Å². The second-order valence-corrected chi connectivity index (χ2v) is 11.0. The van der Waals surface area contributed by atoms with Crippen LogP contribution >= 0.6 is 11.6 Å². The van der Waals surface area contributed by atoms with Crippen LogP contribution in [0.4, 0.5) is 11.4 Å². The number of sulfonamides is 2. The van der Waals surface area contributed by atoms with E-state index in [0.717, 1.165) is 10.6 Å². The van der Waals surface area contributed by atoms with Gasteiger partial charge in [0, 0.05) is 11.1 Å². The molecular formula is C19H24ClN3O6S2. The maximum Gasteiger partial charge on any atom is 0.245 e. The Morgan fingerprint density at radius 3 is 2.23 bits per heavy atom. The van der Waals surface area contributed by atoms with Gasteiger partial charge in [-0.05, 0) is 56.3 Å². The summed E-state index contributed by atoms with van der Waals surface area (Å²) in [6.07, 6.45) is 0.972. The van der Waals surface area contributed by atoms with Gasteiger partial charge in [0.1, 0.15) is 12.3 Å². The Labute approximate surface area is 187 Å². The predicted molar refractivity (Wildman–Crippen MR) is 121 cm³/mol. The third-order valence-electron chi connectivity index (χ3n) is 3.95. The Hall–Kier alpha value is -2.34. The van der Waals surface area contributed by atoms with Crippen LogP contribution in [0.2, 0.25) is 5.02 Å². The van der Waals surface area contributed by atoms with E-state index in [1.54, 1.807) is 13.8 Å². The van der Waals surface area contributed by atoms with Gasteiger partial charge in [0.15, 0.2) is 0 Å². The van der Waals surface area contributed by atoms with Crippen LogP contribution < -0.4 is 19.1 Å². The minimum absolute atomic E-state index is 0.0741. The van der Waals surface area contributed by atoms with Crippen molar-refractivity contribution in [3.8, 4) is 5.75 Å². The Bertz CT molecular complexity index is 1150. The molecule has 0 saturated heterocycles. The van der Waals surface area contributed by atoms with Crippen LogP contribution in [0.5, 0.6) is 5.75 Å². The largest absolute Gasteiger partial charge is 0.495 e. The van der Waals surface area contributed by atoms with Crippen LogP contribution in [0.1, 0.15) is 13.8 Å². The highest BCUT2D eigenvalue weighted by Gasteiger charge is 2.23. The number of halogens is 1. The van der Waals surface area contributed by atoms with E-state index < -0.39 is 32.5 Å². The zero-order chi connectivity index (χ0) is 23.4. The molecular weight excluding hydrogens is 466 g/mol. The van der Waals surface area contributed by atoms with Crippen molar-refractivity contribution in [2.24, 2.45) is 0 Å². The third-order valence-corrected chi connectivity index (χ3v) is 7.00. The molecule has 0 aliphatic carbocycles. The fraction of sp³-hybridized carbons (Fsp3) is 0.316. The van der Waals surface area contributed by atoms with Gasteiger partial charge in [0.2, 0.25) is 26.0 Å². The Kier molecular flexibility index (Phi) is 7.93. The number of nitrogens with zero attached hydrogens (tertiary/aromatic N) is 1. The molecule has 31 heavy (non-hydrogen) atoms. The van der Waals surface area contributed by atoms with Crippen LogP contribution in [0, 0.1) is 0 Å². The number of ether oxygens (including phenoxy) is 1. The van der Waals surface area contributed by atoms with Gasteiger partial charge >= 0.3 is 0 Å². The zero-order valence-electron chi connectivity index (χ0n) is 17.4. The van der Waals surface area contributed by atoms with Gasteiger partial charge in [-0.3, -0.25) is 9.10 Å². The van der Waals surface area contributed by atoms with Crippen molar-refractivity contribution in [1.82, 2.24) is 4.72 Å². The molecule has 2 aromatic rings. The average molecular weight is 490 g/mol. The predicted octanol–water partition coefficient (Wildman–Crippen LogP) is 2.44. The molecule has 0 atom stereocenters. The van der Waals surface area contributed by atoms with Gasteiger partial charge < -0.3 is 10.1 Å². The van der Waals surface area contributed by atoms with Crippen LogP contribution in [-0.2, 0) is 24.8 Å². The molecule has 2 N–H and O–H groups in total. The lowest BCUT2D eigenvalue weighted by Gasteiger charge is -2.22. The molecule has 0 radical (unpaired) electrons. The van der Waals surface area contributed by atoms with Crippen molar-refractivity contribution in [3.63, 3.8) is 0 Å². The van der Waals surface area contributed by atoms with E-state index >= 15 is 0 Å². The van der Waals surface area contributed by atoms with Crippen molar-refractivity contribution >= 4 is 48.9 Å². The van der Waals surface area contributed by atoms with Crippen LogP contribution in [0.15, 0.2) is 47.4 Å². The van der Waals surface area contributed by atoms with Crippen molar-refractivity contribution < 1.29 is 26.4 Å². The molecule has 1 amide bonds. The molecule has 0 aliphatic rings. The molecule has 0 heterocycles. The molecule has 2 aromatic carbocycles. The SMILES string of the molecule is COc1ccc(S(=O)(=O)NC(C)C)cc1NC(=O)CN(c1ccc(Cl)cc1)S(C)(=O)=O. The lowest BCUT2D eigenvalue weighted by Crippen LogP contribution is -2.37. The first kappa shape index (κ1) is 24.9. The second-order valence-electron chi connectivity index (χ2n) is 6.93. The summed E-state index contributed by atoms with van der Waals surface area (Å²) in [6.45, 7) is 2.82. The minimum Gasteiger partial charge on any atom is -0.495 e. The molecule has 170 valence electrons. The number of rotatable bonds is 9. The minimum atomic E-state index is -3.81. The van der Waals surface area contributed by atoms with Crippen LogP contribution in [0.25, 0.3) is 0 Å². The summed E-state index contributed by atoms with van der Waals surface area (Å²) in [7, 11) is -6.24. The van der Waals surface area contributed by atoms with Crippen molar-refractivity contribution in [1.29, 1.82) is 0 Å². The summed E-state index contributed by atoms with van der Waals surface area (Å²) >= 11 is 5.84. The number of anilines is 2. The van der Waals surface area contributed by atoms with Crippen LogP contribution in [0.3, 0.4) is 0 Å². The molecule has 0 aliphatic heterocycles. The average Bonchev–Trinajstić information content (AvgIpc) is 2.65. The van der Waals surface area contributed by atoms with Gasteiger partial charge in [-0.25, -0.2) is 21.6 Å². The molecule has 0 saturated carbocycles. The number of nitrogens with one attached hydrogen (secondary N) is 2. The smallest absolute Gasteiger partial charge is 0.245 e. The number of amides is 1. The summed E-state index contributed by atoms with van der Waals surface area (Å²) < 4.78 is 57.9. The van der Waals surface area contributed by atoms with E-state index in [2.05, 4.69) is 10.0 Å². The first-order valence-electron chi connectivity index (χ1n) is 9.07.